The lowest BCUT2D eigenvalue weighted by Gasteiger charge is -2.07. The van der Waals surface area contributed by atoms with E-state index in [9.17, 15) is 4.79 Å². The summed E-state index contributed by atoms with van der Waals surface area (Å²) < 4.78 is 2.68. The summed E-state index contributed by atoms with van der Waals surface area (Å²) in [4.78, 5) is 16.2. The van der Waals surface area contributed by atoms with Gasteiger partial charge in [0, 0.05) is 23.9 Å². The van der Waals surface area contributed by atoms with Crippen LogP contribution in [-0.2, 0) is 13.6 Å². The second-order valence-electron chi connectivity index (χ2n) is 4.12. The molecule has 1 amide bonds. The van der Waals surface area contributed by atoms with Crippen LogP contribution in [0.2, 0.25) is 0 Å². The highest BCUT2D eigenvalue weighted by Crippen LogP contribution is 2.18. The van der Waals surface area contributed by atoms with E-state index in [0.717, 1.165) is 15.9 Å². The third-order valence-corrected chi connectivity index (χ3v) is 3.35. The Morgan fingerprint density at radius 3 is 2.89 bits per heavy atom. The first-order valence-electron chi connectivity index (χ1n) is 5.58. The van der Waals surface area contributed by atoms with Crippen LogP contribution >= 0.6 is 15.9 Å². The normalized spacial score (nSPS) is 10.4. The molecule has 2 rings (SSSR count). The molecule has 18 heavy (non-hydrogen) atoms. The zero-order valence-electron chi connectivity index (χ0n) is 10.3. The number of rotatable bonds is 3. The second-order valence-corrected chi connectivity index (χ2v) is 4.97. The van der Waals surface area contributed by atoms with Crippen LogP contribution in [0.3, 0.4) is 0 Å². The average Bonchev–Trinajstić information content (AvgIpc) is 2.72. The lowest BCUT2D eigenvalue weighted by molar-refractivity contribution is 0.0949. The first kappa shape index (κ1) is 12.8. The van der Waals surface area contributed by atoms with Crippen molar-refractivity contribution in [2.45, 2.75) is 13.5 Å². The van der Waals surface area contributed by atoms with Gasteiger partial charge in [-0.25, -0.2) is 4.98 Å². The zero-order valence-corrected chi connectivity index (χ0v) is 11.9. The summed E-state index contributed by atoms with van der Waals surface area (Å²) in [7, 11) is 1.90. The molecule has 0 bridgehead atoms. The molecule has 0 saturated carbocycles. The van der Waals surface area contributed by atoms with E-state index < -0.39 is 0 Å². The maximum Gasteiger partial charge on any atom is 0.252 e. The number of halogens is 1. The Labute approximate surface area is 114 Å². The lowest BCUT2D eigenvalue weighted by Crippen LogP contribution is -2.24. The van der Waals surface area contributed by atoms with Gasteiger partial charge in [0.1, 0.15) is 5.82 Å². The molecule has 0 spiro atoms. The van der Waals surface area contributed by atoms with Crippen LogP contribution in [0.25, 0.3) is 0 Å². The van der Waals surface area contributed by atoms with Crippen molar-refractivity contribution in [3.63, 3.8) is 0 Å². The maximum absolute atomic E-state index is 12.0. The quantitative estimate of drug-likeness (QED) is 0.946. The fraction of sp³-hybridized carbons (Fsp3) is 0.231. The van der Waals surface area contributed by atoms with Crippen LogP contribution in [-0.4, -0.2) is 15.5 Å². The van der Waals surface area contributed by atoms with Gasteiger partial charge in [-0.2, -0.15) is 0 Å². The van der Waals surface area contributed by atoms with Crippen LogP contribution in [0.15, 0.2) is 35.1 Å². The highest BCUT2D eigenvalue weighted by molar-refractivity contribution is 9.10. The summed E-state index contributed by atoms with van der Waals surface area (Å²) in [5.41, 5.74) is 1.75. The molecular formula is C13H14BrN3O. The minimum atomic E-state index is -0.107. The molecule has 1 aromatic carbocycles. The first-order valence-corrected chi connectivity index (χ1v) is 6.38. The molecule has 4 nitrogen and oxygen atoms in total. The molecule has 0 radical (unpaired) electrons. The fourth-order valence-corrected chi connectivity index (χ4v) is 2.30. The SMILES string of the molecule is Cc1ccc(C(=O)NCc2nccn2C)c(Br)c1. The summed E-state index contributed by atoms with van der Waals surface area (Å²) in [5, 5.41) is 2.85. The zero-order chi connectivity index (χ0) is 13.1. The maximum atomic E-state index is 12.0. The van der Waals surface area contributed by atoms with Crippen LogP contribution in [0, 0.1) is 6.92 Å². The molecular weight excluding hydrogens is 294 g/mol. The molecule has 0 unspecified atom stereocenters. The molecule has 94 valence electrons. The molecule has 1 heterocycles. The summed E-state index contributed by atoms with van der Waals surface area (Å²) in [5.74, 6) is 0.719. The second kappa shape index (κ2) is 5.35. The van der Waals surface area contributed by atoms with Gasteiger partial charge in [-0.3, -0.25) is 4.79 Å². The van der Waals surface area contributed by atoms with Crippen molar-refractivity contribution in [2.24, 2.45) is 7.05 Å². The summed E-state index contributed by atoms with van der Waals surface area (Å²) in [6.07, 6.45) is 3.56. The monoisotopic (exact) mass is 307 g/mol. The van der Waals surface area contributed by atoms with E-state index in [1.54, 1.807) is 6.20 Å². The Balaban J connectivity index is 2.06. The van der Waals surface area contributed by atoms with E-state index in [1.165, 1.54) is 0 Å². The number of aryl methyl sites for hydroxylation is 2. The van der Waals surface area contributed by atoms with E-state index in [0.29, 0.717) is 12.1 Å². The minimum absolute atomic E-state index is 0.107. The molecule has 0 saturated heterocycles. The predicted octanol–water partition coefficient (Wildman–Crippen LogP) is 2.42. The van der Waals surface area contributed by atoms with Crippen molar-refractivity contribution in [1.29, 1.82) is 0 Å². The average molecular weight is 308 g/mol. The number of aromatic nitrogens is 2. The van der Waals surface area contributed by atoms with Crippen molar-refractivity contribution in [3.05, 3.63) is 52.0 Å². The van der Waals surface area contributed by atoms with E-state index in [1.807, 2.05) is 42.9 Å². The molecule has 0 fully saturated rings. The summed E-state index contributed by atoms with van der Waals surface area (Å²) in [6.45, 7) is 2.41. The number of carbonyl (C=O) groups excluding carboxylic acids is 1. The predicted molar refractivity (Wildman–Crippen MR) is 73.3 cm³/mol. The van der Waals surface area contributed by atoms with Gasteiger partial charge >= 0.3 is 0 Å². The van der Waals surface area contributed by atoms with Crippen LogP contribution in [0.4, 0.5) is 0 Å². The van der Waals surface area contributed by atoms with E-state index in [4.69, 9.17) is 0 Å². The lowest BCUT2D eigenvalue weighted by atomic mass is 10.1. The van der Waals surface area contributed by atoms with Crippen molar-refractivity contribution in [1.82, 2.24) is 14.9 Å². The van der Waals surface area contributed by atoms with Crippen molar-refractivity contribution in [3.8, 4) is 0 Å². The van der Waals surface area contributed by atoms with Gasteiger partial charge in [-0.15, -0.1) is 0 Å². The number of hydrogen-bond acceptors (Lipinski definition) is 2. The highest BCUT2D eigenvalue weighted by Gasteiger charge is 2.10. The summed E-state index contributed by atoms with van der Waals surface area (Å²) >= 11 is 3.40. The number of nitrogens with zero attached hydrogens (tertiary/aromatic N) is 2. The molecule has 0 atom stereocenters. The first-order chi connectivity index (χ1) is 8.58. The topological polar surface area (TPSA) is 46.9 Å². The van der Waals surface area contributed by atoms with Gasteiger partial charge < -0.3 is 9.88 Å². The van der Waals surface area contributed by atoms with Crippen molar-refractivity contribution in [2.75, 3.05) is 0 Å². The van der Waals surface area contributed by atoms with E-state index in [2.05, 4.69) is 26.2 Å². The Morgan fingerprint density at radius 2 is 2.28 bits per heavy atom. The van der Waals surface area contributed by atoms with Gasteiger partial charge in [0.25, 0.3) is 5.91 Å². The number of imidazole rings is 1. The van der Waals surface area contributed by atoms with Crippen LogP contribution in [0.1, 0.15) is 21.7 Å². The molecule has 1 N–H and O–H groups in total. The molecule has 2 aromatic rings. The van der Waals surface area contributed by atoms with Gasteiger partial charge in [0.2, 0.25) is 0 Å². The minimum Gasteiger partial charge on any atom is -0.345 e. The third-order valence-electron chi connectivity index (χ3n) is 2.70. The van der Waals surface area contributed by atoms with E-state index >= 15 is 0 Å². The Kier molecular flexibility index (Phi) is 3.81. The van der Waals surface area contributed by atoms with Gasteiger partial charge in [-0.1, -0.05) is 6.07 Å². The molecule has 0 aliphatic rings. The summed E-state index contributed by atoms with van der Waals surface area (Å²) in [6, 6.07) is 5.66. The molecule has 5 heteroatoms. The Morgan fingerprint density at radius 1 is 1.50 bits per heavy atom. The Hall–Kier alpha value is -1.62. The third kappa shape index (κ3) is 2.79. The Bertz CT molecular complexity index is 577. The van der Waals surface area contributed by atoms with Gasteiger partial charge in [0.05, 0.1) is 12.1 Å². The number of hydrogen-bond donors (Lipinski definition) is 1. The van der Waals surface area contributed by atoms with E-state index in [-0.39, 0.29) is 5.91 Å². The smallest absolute Gasteiger partial charge is 0.252 e. The molecule has 0 aliphatic carbocycles. The highest BCUT2D eigenvalue weighted by atomic mass is 79.9. The molecule has 1 aromatic heterocycles. The molecule has 0 aliphatic heterocycles. The number of benzene rings is 1. The number of amides is 1. The number of nitrogens with one attached hydrogen (secondary N) is 1. The standard InChI is InChI=1S/C13H14BrN3O/c1-9-3-4-10(11(14)7-9)13(18)16-8-12-15-5-6-17(12)2/h3-7H,8H2,1-2H3,(H,16,18). The van der Waals surface area contributed by atoms with Crippen LogP contribution < -0.4 is 5.32 Å². The van der Waals surface area contributed by atoms with Gasteiger partial charge in [0.15, 0.2) is 0 Å². The van der Waals surface area contributed by atoms with Crippen LogP contribution in [0.5, 0.6) is 0 Å². The largest absolute Gasteiger partial charge is 0.345 e. The fourth-order valence-electron chi connectivity index (χ4n) is 1.63. The van der Waals surface area contributed by atoms with Crippen molar-refractivity contribution >= 4 is 21.8 Å². The number of carbonyl (C=O) groups is 1. The van der Waals surface area contributed by atoms with Gasteiger partial charge in [-0.05, 0) is 40.5 Å². The van der Waals surface area contributed by atoms with Crippen molar-refractivity contribution < 1.29 is 4.79 Å².